The van der Waals surface area contributed by atoms with Crippen LogP contribution >= 0.6 is 0 Å². The van der Waals surface area contributed by atoms with E-state index in [1.807, 2.05) is 6.07 Å². The number of methoxy groups -OCH3 is 1. The molecule has 6 atom stereocenters. The summed E-state index contributed by atoms with van der Waals surface area (Å²) >= 11 is 0. The first-order valence-electron chi connectivity index (χ1n) is 13.5. The average Bonchev–Trinajstić information content (AvgIpc) is 3.57. The molecule has 2 fully saturated rings. The minimum atomic E-state index is -1.49. The van der Waals surface area contributed by atoms with E-state index >= 15 is 0 Å². The Hall–Kier alpha value is -3.88. The zero-order valence-electron chi connectivity index (χ0n) is 22.1. The van der Waals surface area contributed by atoms with Gasteiger partial charge in [-0.25, -0.2) is 9.59 Å². The van der Waals surface area contributed by atoms with Gasteiger partial charge in [-0.15, -0.1) is 0 Å². The zero-order chi connectivity index (χ0) is 27.8. The summed E-state index contributed by atoms with van der Waals surface area (Å²) in [4.78, 5) is 51.4. The third-order valence-corrected chi connectivity index (χ3v) is 8.01. The normalized spacial score (nSPS) is 21.8. The molecular weight excluding hydrogens is 500 g/mol. The standard InChI is InChI=1S/C30H36N2O7/c1-38-29(36)25(17-23-15-21-12-13-22(23)14-21)31-27(33)26(24(28(34)35)16-19-8-4-2-5-9-19)32-30(37)39-18-20-10-6-3-7-11-20/h2-11,21-26H,12-18H2,1H3,(H,31,33)(H,32,37)(H,34,35)/t21?,22?,23-,24?,25+,26+/m1/s1. The van der Waals surface area contributed by atoms with Gasteiger partial charge in [-0.05, 0) is 61.0 Å². The number of carboxylic acids is 1. The lowest BCUT2D eigenvalue weighted by atomic mass is 9.84. The molecule has 2 amide bonds. The SMILES string of the molecule is COC(=O)[C@H](C[C@H]1CC2CCC1C2)NC(=O)[C@@H](NC(=O)OCc1ccccc1)C(Cc1ccccc1)C(=O)O. The van der Waals surface area contributed by atoms with Gasteiger partial charge in [0.2, 0.25) is 5.91 Å². The second-order valence-corrected chi connectivity index (χ2v) is 10.6. The number of carbonyl (C=O) groups is 4. The van der Waals surface area contributed by atoms with Crippen LogP contribution in [0.3, 0.4) is 0 Å². The Morgan fingerprint density at radius 1 is 0.923 bits per heavy atom. The Kier molecular flexibility index (Phi) is 9.57. The van der Waals surface area contributed by atoms with Crippen molar-refractivity contribution >= 4 is 23.9 Å². The van der Waals surface area contributed by atoms with Gasteiger partial charge in [0.25, 0.3) is 0 Å². The number of carbonyl (C=O) groups excluding carboxylic acids is 3. The molecule has 0 radical (unpaired) electrons. The summed E-state index contributed by atoms with van der Waals surface area (Å²) in [7, 11) is 1.26. The number of esters is 1. The van der Waals surface area contributed by atoms with E-state index in [4.69, 9.17) is 9.47 Å². The number of nitrogens with one attached hydrogen (secondary N) is 2. The predicted molar refractivity (Wildman–Crippen MR) is 142 cm³/mol. The van der Waals surface area contributed by atoms with E-state index in [0.29, 0.717) is 23.8 Å². The van der Waals surface area contributed by atoms with Crippen LogP contribution in [0.5, 0.6) is 0 Å². The first kappa shape index (κ1) is 28.1. The van der Waals surface area contributed by atoms with Gasteiger partial charge in [-0.3, -0.25) is 9.59 Å². The maximum absolute atomic E-state index is 13.6. The van der Waals surface area contributed by atoms with Gasteiger partial charge in [0.1, 0.15) is 18.7 Å². The quantitative estimate of drug-likeness (QED) is 0.353. The molecular formula is C30H36N2O7. The third-order valence-electron chi connectivity index (χ3n) is 8.01. The Bertz CT molecular complexity index is 1140. The molecule has 2 aliphatic carbocycles. The molecule has 0 heterocycles. The highest BCUT2D eigenvalue weighted by molar-refractivity contribution is 5.93. The van der Waals surface area contributed by atoms with Crippen molar-refractivity contribution in [3.8, 4) is 0 Å². The van der Waals surface area contributed by atoms with Crippen LogP contribution in [0.25, 0.3) is 0 Å². The van der Waals surface area contributed by atoms with E-state index in [-0.39, 0.29) is 18.9 Å². The Morgan fingerprint density at radius 3 is 2.15 bits per heavy atom. The Labute approximate surface area is 228 Å². The summed E-state index contributed by atoms with van der Waals surface area (Å²) in [5.74, 6) is -2.46. The van der Waals surface area contributed by atoms with Crippen LogP contribution < -0.4 is 10.6 Å². The second kappa shape index (κ2) is 13.3. The van der Waals surface area contributed by atoms with Gasteiger partial charge in [0.05, 0.1) is 13.0 Å². The van der Waals surface area contributed by atoms with E-state index in [1.54, 1.807) is 54.6 Å². The third kappa shape index (κ3) is 7.59. The number of alkyl carbamates (subject to hydrolysis) is 1. The number of amides is 2. The largest absolute Gasteiger partial charge is 0.481 e. The lowest BCUT2D eigenvalue weighted by molar-refractivity contribution is -0.147. The van der Waals surface area contributed by atoms with Crippen LogP contribution in [0.15, 0.2) is 60.7 Å². The number of benzene rings is 2. The number of rotatable bonds is 12. The monoisotopic (exact) mass is 536 g/mol. The smallest absolute Gasteiger partial charge is 0.408 e. The lowest BCUT2D eigenvalue weighted by Crippen LogP contribution is -2.57. The molecule has 2 aromatic carbocycles. The van der Waals surface area contributed by atoms with E-state index in [0.717, 1.165) is 24.8 Å². The molecule has 39 heavy (non-hydrogen) atoms. The van der Waals surface area contributed by atoms with Crippen LogP contribution in [-0.2, 0) is 36.9 Å². The van der Waals surface area contributed by atoms with Gasteiger partial charge < -0.3 is 25.2 Å². The maximum atomic E-state index is 13.6. The van der Waals surface area contributed by atoms with Gasteiger partial charge >= 0.3 is 18.0 Å². The molecule has 3 unspecified atom stereocenters. The molecule has 2 bridgehead atoms. The summed E-state index contributed by atoms with van der Waals surface area (Å²) in [5.41, 5.74) is 1.43. The molecule has 2 aliphatic rings. The van der Waals surface area contributed by atoms with Gasteiger partial charge in [0.15, 0.2) is 0 Å². The molecule has 4 rings (SSSR count). The molecule has 3 N–H and O–H groups in total. The van der Waals surface area contributed by atoms with Crippen molar-refractivity contribution in [3.05, 3.63) is 71.8 Å². The molecule has 9 heteroatoms. The summed E-state index contributed by atoms with van der Waals surface area (Å²) in [6.07, 6.45) is 3.94. The van der Waals surface area contributed by atoms with Crippen molar-refractivity contribution in [2.75, 3.05) is 7.11 Å². The molecule has 208 valence electrons. The van der Waals surface area contributed by atoms with Crippen LogP contribution in [-0.4, -0.2) is 48.2 Å². The molecule has 0 spiro atoms. The summed E-state index contributed by atoms with van der Waals surface area (Å²) < 4.78 is 10.3. The molecule has 0 aliphatic heterocycles. The Balaban J connectivity index is 1.51. The molecule has 2 saturated carbocycles. The van der Waals surface area contributed by atoms with Gasteiger partial charge in [-0.2, -0.15) is 0 Å². The number of fused-ring (bicyclic) bond motifs is 2. The Morgan fingerprint density at radius 2 is 1.59 bits per heavy atom. The second-order valence-electron chi connectivity index (χ2n) is 10.6. The fourth-order valence-corrected chi connectivity index (χ4v) is 6.04. The van der Waals surface area contributed by atoms with Crippen molar-refractivity contribution in [2.45, 2.75) is 57.2 Å². The minimum Gasteiger partial charge on any atom is -0.481 e. The fourth-order valence-electron chi connectivity index (χ4n) is 6.04. The van der Waals surface area contributed by atoms with Gasteiger partial charge in [0, 0.05) is 0 Å². The predicted octanol–water partition coefficient (Wildman–Crippen LogP) is 3.71. The summed E-state index contributed by atoms with van der Waals surface area (Å²) in [6, 6.07) is 15.4. The van der Waals surface area contributed by atoms with Crippen molar-refractivity contribution < 1.29 is 33.8 Å². The molecule has 9 nitrogen and oxygen atoms in total. The van der Waals surface area contributed by atoms with E-state index in [1.165, 1.54) is 13.5 Å². The van der Waals surface area contributed by atoms with Crippen LogP contribution in [0, 0.1) is 23.7 Å². The van der Waals surface area contributed by atoms with E-state index in [2.05, 4.69) is 10.6 Å². The zero-order valence-corrected chi connectivity index (χ0v) is 22.1. The maximum Gasteiger partial charge on any atom is 0.408 e. The van der Waals surface area contributed by atoms with E-state index < -0.39 is 41.9 Å². The van der Waals surface area contributed by atoms with Crippen LogP contribution in [0.2, 0.25) is 0 Å². The van der Waals surface area contributed by atoms with Gasteiger partial charge in [-0.1, -0.05) is 67.1 Å². The van der Waals surface area contributed by atoms with Crippen molar-refractivity contribution in [3.63, 3.8) is 0 Å². The minimum absolute atomic E-state index is 0.0114. The fraction of sp³-hybridized carbons (Fsp3) is 0.467. The summed E-state index contributed by atoms with van der Waals surface area (Å²) in [6.45, 7) is -0.0492. The number of hydrogen-bond donors (Lipinski definition) is 3. The number of aliphatic carboxylic acids is 1. The van der Waals surface area contributed by atoms with E-state index in [9.17, 15) is 24.3 Å². The lowest BCUT2D eigenvalue weighted by Gasteiger charge is -2.29. The van der Waals surface area contributed by atoms with Crippen LogP contribution in [0.1, 0.15) is 43.2 Å². The first-order valence-corrected chi connectivity index (χ1v) is 13.5. The topological polar surface area (TPSA) is 131 Å². The van der Waals surface area contributed by atoms with Crippen molar-refractivity contribution in [1.82, 2.24) is 10.6 Å². The number of hydrogen-bond acceptors (Lipinski definition) is 6. The molecule has 0 aromatic heterocycles. The first-order chi connectivity index (χ1) is 18.8. The number of carboxylic acid groups (broad SMARTS) is 1. The van der Waals surface area contributed by atoms with Crippen molar-refractivity contribution in [2.24, 2.45) is 23.7 Å². The van der Waals surface area contributed by atoms with Crippen LogP contribution in [0.4, 0.5) is 4.79 Å². The van der Waals surface area contributed by atoms with Crippen molar-refractivity contribution in [1.29, 1.82) is 0 Å². The highest BCUT2D eigenvalue weighted by Crippen LogP contribution is 2.49. The molecule has 0 saturated heterocycles. The average molecular weight is 537 g/mol. The summed E-state index contributed by atoms with van der Waals surface area (Å²) in [5, 5.41) is 15.3. The highest BCUT2D eigenvalue weighted by Gasteiger charge is 2.43. The highest BCUT2D eigenvalue weighted by atomic mass is 16.5. The number of ether oxygens (including phenoxy) is 2. The molecule has 2 aromatic rings.